The van der Waals surface area contributed by atoms with Crippen molar-refractivity contribution in [2.75, 3.05) is 13.1 Å². The molecule has 4 aliphatic rings. The molecular formula is C24H43BN4O3. The highest BCUT2D eigenvalue weighted by Crippen LogP contribution is 2.44. The molecule has 180 valence electrons. The number of hydrogen-bond acceptors (Lipinski definition) is 5. The Morgan fingerprint density at radius 3 is 2.34 bits per heavy atom. The minimum absolute atomic E-state index is 0.0102. The van der Waals surface area contributed by atoms with Crippen molar-refractivity contribution in [1.29, 1.82) is 5.41 Å². The monoisotopic (exact) mass is 446 g/mol. The smallest absolute Gasteiger partial charge is 0.427 e. The van der Waals surface area contributed by atoms with Crippen LogP contribution in [0.5, 0.6) is 0 Å². The number of carbonyl (C=O) groups is 1. The van der Waals surface area contributed by atoms with E-state index >= 15 is 0 Å². The Hall–Kier alpha value is -1.12. The van der Waals surface area contributed by atoms with Gasteiger partial charge in [-0.05, 0) is 74.9 Å². The maximum Gasteiger partial charge on any atom is 0.454 e. The van der Waals surface area contributed by atoms with E-state index < -0.39 is 7.12 Å². The van der Waals surface area contributed by atoms with Crippen LogP contribution in [-0.4, -0.2) is 59.0 Å². The summed E-state index contributed by atoms with van der Waals surface area (Å²) in [7, 11) is -1.21. The first kappa shape index (κ1) is 24.0. The fourth-order valence-corrected chi connectivity index (χ4v) is 7.07. The summed E-state index contributed by atoms with van der Waals surface area (Å²) < 4.78 is 0. The van der Waals surface area contributed by atoms with Gasteiger partial charge in [-0.3, -0.25) is 15.1 Å². The molecule has 0 aromatic carbocycles. The number of nitrogens with two attached hydrogens (primary N) is 1. The minimum atomic E-state index is -1.21. The topological polar surface area (TPSA) is 123 Å². The Bertz CT molecular complexity index is 649. The van der Waals surface area contributed by atoms with Gasteiger partial charge in [0.1, 0.15) is 0 Å². The van der Waals surface area contributed by atoms with Crippen LogP contribution >= 0.6 is 0 Å². The molecule has 7 nitrogen and oxygen atoms in total. The Balaban J connectivity index is 1.40. The van der Waals surface area contributed by atoms with Crippen LogP contribution in [0.1, 0.15) is 83.5 Å². The number of likely N-dealkylation sites (tertiary alicyclic amines) is 1. The minimum Gasteiger partial charge on any atom is -0.427 e. The third kappa shape index (κ3) is 5.68. The molecule has 1 aliphatic heterocycles. The molecule has 0 aromatic rings. The van der Waals surface area contributed by atoms with Crippen LogP contribution < -0.4 is 11.1 Å². The molecule has 0 bridgehead atoms. The number of nitrogens with zero attached hydrogens (tertiary/aromatic N) is 1. The number of nitrogens with one attached hydrogen (secondary N) is 2. The molecular weight excluding hydrogens is 403 g/mol. The van der Waals surface area contributed by atoms with Crippen molar-refractivity contribution in [1.82, 2.24) is 10.2 Å². The van der Waals surface area contributed by atoms with Gasteiger partial charge in [-0.2, -0.15) is 0 Å². The highest BCUT2D eigenvalue weighted by atomic mass is 16.4. The zero-order chi connectivity index (χ0) is 22.7. The predicted molar refractivity (Wildman–Crippen MR) is 127 cm³/mol. The zero-order valence-corrected chi connectivity index (χ0v) is 19.6. The van der Waals surface area contributed by atoms with E-state index in [-0.39, 0.29) is 23.7 Å². The van der Waals surface area contributed by atoms with Gasteiger partial charge in [0.2, 0.25) is 5.91 Å². The van der Waals surface area contributed by atoms with Crippen LogP contribution in [0.25, 0.3) is 0 Å². The second kappa shape index (κ2) is 10.9. The Kier molecular flexibility index (Phi) is 8.16. The first-order chi connectivity index (χ1) is 15.4. The van der Waals surface area contributed by atoms with Crippen LogP contribution in [0, 0.1) is 29.1 Å². The van der Waals surface area contributed by atoms with Gasteiger partial charge < -0.3 is 21.1 Å². The first-order valence-electron chi connectivity index (χ1n) is 13.2. The molecule has 4 atom stereocenters. The summed E-state index contributed by atoms with van der Waals surface area (Å²) in [5.41, 5.74) is 5.89. The Labute approximate surface area is 193 Å². The van der Waals surface area contributed by atoms with Crippen molar-refractivity contribution in [3.63, 3.8) is 0 Å². The van der Waals surface area contributed by atoms with E-state index in [9.17, 15) is 14.8 Å². The quantitative estimate of drug-likeness (QED) is 0.234. The van der Waals surface area contributed by atoms with Gasteiger partial charge >= 0.3 is 7.12 Å². The Morgan fingerprint density at radius 1 is 0.969 bits per heavy atom. The molecule has 0 aromatic heterocycles. The molecule has 4 rings (SSSR count). The lowest BCUT2D eigenvalue weighted by atomic mass is 9.63. The molecule has 0 radical (unpaired) electrons. The molecule has 8 heteroatoms. The van der Waals surface area contributed by atoms with Crippen molar-refractivity contribution < 1.29 is 14.8 Å². The summed E-state index contributed by atoms with van der Waals surface area (Å²) in [5, 5.41) is 30.3. The summed E-state index contributed by atoms with van der Waals surface area (Å²) in [6, 6.07) is 0.268. The molecule has 1 heterocycles. The van der Waals surface area contributed by atoms with Gasteiger partial charge in [0, 0.05) is 25.0 Å². The lowest BCUT2D eigenvalue weighted by Gasteiger charge is -2.39. The van der Waals surface area contributed by atoms with Crippen molar-refractivity contribution >= 4 is 18.9 Å². The number of amidine groups is 1. The summed E-state index contributed by atoms with van der Waals surface area (Å²) >= 11 is 0. The summed E-state index contributed by atoms with van der Waals surface area (Å²) in [6.07, 6.45) is 13.9. The maximum atomic E-state index is 13.4. The van der Waals surface area contributed by atoms with Crippen LogP contribution in [0.4, 0.5) is 0 Å². The molecule has 1 saturated heterocycles. The number of hydrogen-bond donors (Lipinski definition) is 5. The fourth-order valence-electron chi connectivity index (χ4n) is 7.07. The van der Waals surface area contributed by atoms with Crippen molar-refractivity contribution in [2.45, 2.75) is 101 Å². The average molecular weight is 446 g/mol. The molecule has 3 aliphatic carbocycles. The fraction of sp³-hybridized carbons (Fsp3) is 0.917. The molecule has 3 saturated carbocycles. The second-order valence-electron chi connectivity index (χ2n) is 11.2. The first-order valence-corrected chi connectivity index (χ1v) is 13.2. The van der Waals surface area contributed by atoms with Crippen molar-refractivity contribution in [3.05, 3.63) is 0 Å². The number of amides is 1. The van der Waals surface area contributed by atoms with E-state index in [1.54, 1.807) is 0 Å². The lowest BCUT2D eigenvalue weighted by molar-refractivity contribution is -0.126. The highest BCUT2D eigenvalue weighted by Gasteiger charge is 2.48. The normalized spacial score (nSPS) is 36.4. The molecule has 6 N–H and O–H groups in total. The largest absolute Gasteiger partial charge is 0.454 e. The molecule has 1 amide bonds. The van der Waals surface area contributed by atoms with E-state index in [1.807, 2.05) is 0 Å². The standard InChI is InChI=1S/C24H43BN4O3/c26-23(27)19-9-8-18-12-22(24(30)28-14-16-4-2-1-3-5-16)29(21(18)13-19)15-17-6-10-20(11-7-17)25(31)32/h16-22,31-32H,1-15H2,(H3,26,27)(H,28,30). The lowest BCUT2D eigenvalue weighted by Crippen LogP contribution is -2.50. The van der Waals surface area contributed by atoms with Gasteiger partial charge in [-0.15, -0.1) is 0 Å². The molecule has 32 heavy (non-hydrogen) atoms. The van der Waals surface area contributed by atoms with E-state index in [2.05, 4.69) is 10.2 Å². The van der Waals surface area contributed by atoms with Crippen molar-refractivity contribution in [2.24, 2.45) is 29.4 Å². The third-order valence-electron chi connectivity index (χ3n) is 9.12. The van der Waals surface area contributed by atoms with E-state index in [4.69, 9.17) is 11.1 Å². The molecule has 4 fully saturated rings. The van der Waals surface area contributed by atoms with Crippen LogP contribution in [0.2, 0.25) is 5.82 Å². The van der Waals surface area contributed by atoms with Crippen molar-refractivity contribution in [3.8, 4) is 0 Å². The van der Waals surface area contributed by atoms with Gasteiger partial charge in [0.25, 0.3) is 0 Å². The van der Waals surface area contributed by atoms with Crippen LogP contribution in [0.3, 0.4) is 0 Å². The number of fused-ring (bicyclic) bond motifs is 1. The number of carbonyl (C=O) groups excluding carboxylic acids is 1. The van der Waals surface area contributed by atoms with E-state index in [1.165, 1.54) is 32.1 Å². The SMILES string of the molecule is N=C(N)C1CCC2CC(C(=O)NCC3CCCCC3)N(CC3CCC(B(O)O)CC3)C2C1. The van der Waals surface area contributed by atoms with Gasteiger partial charge in [-0.25, -0.2) is 0 Å². The van der Waals surface area contributed by atoms with E-state index in [0.29, 0.717) is 29.6 Å². The predicted octanol–water partition coefficient (Wildman–Crippen LogP) is 2.51. The second-order valence-corrected chi connectivity index (χ2v) is 11.2. The van der Waals surface area contributed by atoms with Gasteiger partial charge in [0.15, 0.2) is 0 Å². The summed E-state index contributed by atoms with van der Waals surface area (Å²) in [5.74, 6) is 2.27. The summed E-state index contributed by atoms with van der Waals surface area (Å²) in [4.78, 5) is 15.8. The maximum absolute atomic E-state index is 13.4. The highest BCUT2D eigenvalue weighted by molar-refractivity contribution is 6.43. The third-order valence-corrected chi connectivity index (χ3v) is 9.12. The van der Waals surface area contributed by atoms with Crippen LogP contribution in [0.15, 0.2) is 0 Å². The summed E-state index contributed by atoms with van der Waals surface area (Å²) in [6.45, 7) is 1.72. The van der Waals surface area contributed by atoms with E-state index in [0.717, 1.165) is 64.5 Å². The Morgan fingerprint density at radius 2 is 1.69 bits per heavy atom. The van der Waals surface area contributed by atoms with Gasteiger partial charge in [-0.1, -0.05) is 32.1 Å². The molecule has 0 spiro atoms. The average Bonchev–Trinajstić information content (AvgIpc) is 3.16. The van der Waals surface area contributed by atoms with Gasteiger partial charge in [0.05, 0.1) is 11.9 Å². The number of rotatable bonds is 7. The van der Waals surface area contributed by atoms with Crippen LogP contribution in [-0.2, 0) is 4.79 Å². The zero-order valence-electron chi connectivity index (χ0n) is 19.6. The molecule has 4 unspecified atom stereocenters.